The second-order valence-electron chi connectivity index (χ2n) is 6.73. The molecule has 0 N–H and O–H groups in total. The molecule has 5 nitrogen and oxygen atoms in total. The van der Waals surface area contributed by atoms with Gasteiger partial charge in [-0.3, -0.25) is 0 Å². The van der Waals surface area contributed by atoms with Gasteiger partial charge in [-0.1, -0.05) is 32.9 Å². The van der Waals surface area contributed by atoms with Crippen molar-refractivity contribution in [2.24, 2.45) is 0 Å². The van der Waals surface area contributed by atoms with Crippen molar-refractivity contribution in [3.05, 3.63) is 63.9 Å². The van der Waals surface area contributed by atoms with Gasteiger partial charge in [-0.2, -0.15) is 0 Å². The van der Waals surface area contributed by atoms with Crippen LogP contribution < -0.4 is 4.90 Å². The number of halogens is 1. The van der Waals surface area contributed by atoms with E-state index in [9.17, 15) is 9.59 Å². The smallest absolute Gasteiger partial charge is 0.355 e. The molecule has 1 aliphatic heterocycles. The molecule has 0 saturated heterocycles. The van der Waals surface area contributed by atoms with Crippen LogP contribution in [0.3, 0.4) is 0 Å². The molecule has 1 heterocycles. The summed E-state index contributed by atoms with van der Waals surface area (Å²) in [6, 6.07) is 5.93. The molecule has 138 valence electrons. The molecule has 0 saturated carbocycles. The van der Waals surface area contributed by atoms with Gasteiger partial charge in [0.05, 0.1) is 25.5 Å². The number of ether oxygens (including phenoxy) is 2. The molecular weight excluding hydrogens is 398 g/mol. The third-order valence-corrected chi connectivity index (χ3v) is 4.63. The fourth-order valence-electron chi connectivity index (χ4n) is 2.51. The summed E-state index contributed by atoms with van der Waals surface area (Å²) in [7, 11) is 2.55. The highest BCUT2D eigenvalue weighted by atomic mass is 79.9. The number of anilines is 1. The summed E-state index contributed by atoms with van der Waals surface area (Å²) >= 11 is 3.54. The molecule has 26 heavy (non-hydrogen) atoms. The molecule has 0 amide bonds. The number of carbonyl (C=O) groups is 2. The summed E-state index contributed by atoms with van der Waals surface area (Å²) in [4.78, 5) is 26.4. The van der Waals surface area contributed by atoms with E-state index in [2.05, 4.69) is 36.7 Å². The van der Waals surface area contributed by atoms with Crippen LogP contribution in [-0.2, 0) is 24.5 Å². The number of allylic oxidation sites excluding steroid dienone is 2. The first-order valence-corrected chi connectivity index (χ1v) is 8.85. The molecule has 1 aromatic carbocycles. The largest absolute Gasteiger partial charge is 0.465 e. The number of esters is 2. The number of nitrogens with zero attached hydrogens (tertiary/aromatic N) is 1. The third kappa shape index (κ3) is 4.07. The molecule has 0 fully saturated rings. The zero-order valence-corrected chi connectivity index (χ0v) is 17.1. The Morgan fingerprint density at radius 2 is 1.69 bits per heavy atom. The Labute approximate surface area is 162 Å². The van der Waals surface area contributed by atoms with E-state index in [0.29, 0.717) is 0 Å². The Morgan fingerprint density at radius 1 is 1.04 bits per heavy atom. The van der Waals surface area contributed by atoms with Crippen LogP contribution in [-0.4, -0.2) is 26.2 Å². The summed E-state index contributed by atoms with van der Waals surface area (Å²) in [5.41, 5.74) is 1.95. The van der Waals surface area contributed by atoms with Gasteiger partial charge in [-0.05, 0) is 51.2 Å². The van der Waals surface area contributed by atoms with E-state index < -0.39 is 11.9 Å². The minimum atomic E-state index is -0.630. The molecule has 1 aliphatic rings. The van der Waals surface area contributed by atoms with Crippen molar-refractivity contribution >= 4 is 33.6 Å². The van der Waals surface area contributed by atoms with Crippen LogP contribution in [0, 0.1) is 0 Å². The topological polar surface area (TPSA) is 55.8 Å². The molecule has 0 aromatic heterocycles. The lowest BCUT2D eigenvalue weighted by Crippen LogP contribution is -2.27. The standard InChI is InChI=1S/C20H22BrNO4/c1-20(2,3)13-9-10-15(21)16(12-13)22-11-7-6-8-14(18(23)25-4)17(22)19(24)26-5/h6-12H,1-5H3. The normalized spacial score (nSPS) is 14.3. The Morgan fingerprint density at radius 3 is 2.27 bits per heavy atom. The zero-order valence-electron chi connectivity index (χ0n) is 15.5. The summed E-state index contributed by atoms with van der Waals surface area (Å²) in [5.74, 6) is -1.24. The van der Waals surface area contributed by atoms with Gasteiger partial charge in [-0.15, -0.1) is 0 Å². The molecule has 0 atom stereocenters. The Bertz CT molecular complexity index is 816. The van der Waals surface area contributed by atoms with Crippen molar-refractivity contribution in [3.8, 4) is 0 Å². The molecule has 0 spiro atoms. The van der Waals surface area contributed by atoms with Crippen molar-refractivity contribution in [1.82, 2.24) is 0 Å². The monoisotopic (exact) mass is 419 g/mol. The van der Waals surface area contributed by atoms with E-state index >= 15 is 0 Å². The minimum Gasteiger partial charge on any atom is -0.465 e. The van der Waals surface area contributed by atoms with Crippen molar-refractivity contribution in [2.45, 2.75) is 26.2 Å². The number of hydrogen-bond acceptors (Lipinski definition) is 5. The van der Waals surface area contributed by atoms with Gasteiger partial charge >= 0.3 is 11.9 Å². The molecule has 1 aromatic rings. The van der Waals surface area contributed by atoms with Gasteiger partial charge < -0.3 is 14.4 Å². The van der Waals surface area contributed by atoms with Crippen LogP contribution >= 0.6 is 15.9 Å². The molecular formula is C20H22BrNO4. The average molecular weight is 420 g/mol. The summed E-state index contributed by atoms with van der Waals surface area (Å²) in [6.45, 7) is 6.32. The molecule has 0 bridgehead atoms. The Balaban J connectivity index is 2.73. The molecule has 0 radical (unpaired) electrons. The average Bonchev–Trinajstić information content (AvgIpc) is 2.82. The first kappa shape index (κ1) is 20.0. The quantitative estimate of drug-likeness (QED) is 0.685. The lowest BCUT2D eigenvalue weighted by molar-refractivity contribution is -0.139. The van der Waals surface area contributed by atoms with Gasteiger partial charge in [0.25, 0.3) is 0 Å². The van der Waals surface area contributed by atoms with E-state index in [-0.39, 0.29) is 16.7 Å². The summed E-state index contributed by atoms with van der Waals surface area (Å²) in [5, 5.41) is 0. The second kappa shape index (κ2) is 7.91. The fraction of sp³-hybridized carbons (Fsp3) is 0.300. The van der Waals surface area contributed by atoms with Gasteiger partial charge in [0.2, 0.25) is 0 Å². The van der Waals surface area contributed by atoms with Gasteiger partial charge in [0.1, 0.15) is 5.70 Å². The van der Waals surface area contributed by atoms with E-state index in [4.69, 9.17) is 9.47 Å². The lowest BCUT2D eigenvalue weighted by atomic mass is 9.87. The van der Waals surface area contributed by atoms with Crippen LogP contribution in [0.25, 0.3) is 0 Å². The van der Waals surface area contributed by atoms with Crippen molar-refractivity contribution in [1.29, 1.82) is 0 Å². The van der Waals surface area contributed by atoms with Gasteiger partial charge in [0.15, 0.2) is 0 Å². The first-order valence-electron chi connectivity index (χ1n) is 8.05. The van der Waals surface area contributed by atoms with Crippen molar-refractivity contribution in [3.63, 3.8) is 0 Å². The fourth-order valence-corrected chi connectivity index (χ4v) is 2.95. The highest BCUT2D eigenvalue weighted by Crippen LogP contribution is 2.36. The minimum absolute atomic E-state index is 0.0798. The Kier molecular flexibility index (Phi) is 6.08. The van der Waals surface area contributed by atoms with Crippen molar-refractivity contribution in [2.75, 3.05) is 19.1 Å². The van der Waals surface area contributed by atoms with E-state index in [0.717, 1.165) is 15.7 Å². The summed E-state index contributed by atoms with van der Waals surface area (Å²) < 4.78 is 10.6. The van der Waals surface area contributed by atoms with Crippen LogP contribution in [0.5, 0.6) is 0 Å². The lowest BCUT2D eigenvalue weighted by Gasteiger charge is -2.27. The van der Waals surface area contributed by atoms with Crippen LogP contribution in [0.1, 0.15) is 26.3 Å². The maximum Gasteiger partial charge on any atom is 0.355 e. The van der Waals surface area contributed by atoms with Gasteiger partial charge in [0, 0.05) is 10.7 Å². The predicted molar refractivity (Wildman–Crippen MR) is 105 cm³/mol. The van der Waals surface area contributed by atoms with E-state index in [1.54, 1.807) is 23.3 Å². The summed E-state index contributed by atoms with van der Waals surface area (Å²) in [6.07, 6.45) is 6.67. The van der Waals surface area contributed by atoms with Crippen LogP contribution in [0.4, 0.5) is 5.69 Å². The molecule has 0 aliphatic carbocycles. The third-order valence-electron chi connectivity index (χ3n) is 3.96. The number of methoxy groups -OCH3 is 2. The highest BCUT2D eigenvalue weighted by Gasteiger charge is 2.29. The number of benzene rings is 1. The SMILES string of the molecule is COC(=O)C1=C(C(=O)OC)N(c2cc(C(C)(C)C)ccc2Br)C=CC=C1. The molecule has 6 heteroatoms. The van der Waals surface area contributed by atoms with E-state index in [1.165, 1.54) is 20.3 Å². The van der Waals surface area contributed by atoms with Gasteiger partial charge in [-0.25, -0.2) is 9.59 Å². The predicted octanol–water partition coefficient (Wildman–Crippen LogP) is 4.24. The number of rotatable bonds is 3. The Hall–Kier alpha value is -2.34. The first-order chi connectivity index (χ1) is 12.2. The maximum atomic E-state index is 12.5. The van der Waals surface area contributed by atoms with E-state index in [1.807, 2.05) is 18.2 Å². The second-order valence-corrected chi connectivity index (χ2v) is 7.59. The highest BCUT2D eigenvalue weighted by molar-refractivity contribution is 9.10. The number of carbonyl (C=O) groups excluding carboxylic acids is 2. The molecule has 0 unspecified atom stereocenters. The zero-order chi connectivity index (χ0) is 19.5. The van der Waals surface area contributed by atoms with Crippen molar-refractivity contribution < 1.29 is 19.1 Å². The number of hydrogen-bond donors (Lipinski definition) is 0. The molecule has 2 rings (SSSR count). The maximum absolute atomic E-state index is 12.5. The van der Waals surface area contributed by atoms with Crippen LogP contribution in [0.2, 0.25) is 0 Å². The van der Waals surface area contributed by atoms with Crippen LogP contribution in [0.15, 0.2) is 58.4 Å².